The van der Waals surface area contributed by atoms with Crippen LogP contribution < -0.4 is 5.32 Å². The van der Waals surface area contributed by atoms with Gasteiger partial charge in [0.15, 0.2) is 0 Å². The molecule has 3 heteroatoms. The average molecular weight is 367 g/mol. The molecule has 26 heavy (non-hydrogen) atoms. The summed E-state index contributed by atoms with van der Waals surface area (Å²) in [6.07, 6.45) is 20.1. The van der Waals surface area contributed by atoms with E-state index in [4.69, 9.17) is 0 Å². The van der Waals surface area contributed by atoms with E-state index in [0.29, 0.717) is 11.9 Å². The molecule has 1 heterocycles. The molecule has 0 spiro atoms. The topological polar surface area (TPSA) is 32.3 Å². The maximum Gasteiger partial charge on any atom is 0.239 e. The maximum absolute atomic E-state index is 12.5. The number of carbonyl (C=O) groups excluding carboxylic acids is 1. The Balaban J connectivity index is 1.92. The number of carbonyl (C=O) groups is 1. The van der Waals surface area contributed by atoms with Crippen LogP contribution in [-0.4, -0.2) is 36.0 Å². The predicted molar refractivity (Wildman–Crippen MR) is 114 cm³/mol. The Bertz CT molecular complexity index is 343. The van der Waals surface area contributed by atoms with E-state index in [1.54, 1.807) is 0 Å². The van der Waals surface area contributed by atoms with Gasteiger partial charge in [-0.15, -0.1) is 0 Å². The fourth-order valence-corrected chi connectivity index (χ4v) is 4.04. The van der Waals surface area contributed by atoms with E-state index in [1.165, 1.54) is 83.5 Å². The lowest BCUT2D eigenvalue weighted by Gasteiger charge is -2.33. The summed E-state index contributed by atoms with van der Waals surface area (Å²) in [4.78, 5) is 14.6. The Morgan fingerprint density at radius 1 is 0.885 bits per heavy atom. The summed E-state index contributed by atoms with van der Waals surface area (Å²) in [7, 11) is 0. The third kappa shape index (κ3) is 11.2. The molecule has 0 aromatic rings. The number of likely N-dealkylation sites (tertiary alicyclic amines) is 1. The van der Waals surface area contributed by atoms with Crippen molar-refractivity contribution in [2.75, 3.05) is 13.1 Å². The van der Waals surface area contributed by atoms with Gasteiger partial charge in [0.1, 0.15) is 0 Å². The monoisotopic (exact) mass is 366 g/mol. The highest BCUT2D eigenvalue weighted by atomic mass is 16.2. The predicted octanol–water partition coefficient (Wildman–Crippen LogP) is 6.07. The number of rotatable bonds is 16. The molecular weight excluding hydrogens is 320 g/mol. The number of nitrogens with one attached hydrogen (secondary N) is 1. The first kappa shape index (κ1) is 23.5. The number of amides is 1. The van der Waals surface area contributed by atoms with E-state index in [1.807, 2.05) is 0 Å². The van der Waals surface area contributed by atoms with Crippen LogP contribution in [0.3, 0.4) is 0 Å². The van der Waals surface area contributed by atoms with Gasteiger partial charge in [-0.25, -0.2) is 0 Å². The highest BCUT2D eigenvalue weighted by Crippen LogP contribution is 2.15. The molecular formula is C23H46N2O. The number of hydrogen-bond acceptors (Lipinski definition) is 2. The second-order valence-corrected chi connectivity index (χ2v) is 8.58. The van der Waals surface area contributed by atoms with Crippen LogP contribution in [-0.2, 0) is 4.79 Å². The van der Waals surface area contributed by atoms with Crippen LogP contribution in [0.5, 0.6) is 0 Å². The van der Waals surface area contributed by atoms with Gasteiger partial charge in [-0.3, -0.25) is 4.79 Å². The van der Waals surface area contributed by atoms with Crippen molar-refractivity contribution < 1.29 is 4.79 Å². The molecule has 1 atom stereocenters. The van der Waals surface area contributed by atoms with Gasteiger partial charge in [0.05, 0.1) is 6.04 Å². The molecule has 0 aliphatic carbocycles. The summed E-state index contributed by atoms with van der Waals surface area (Å²) >= 11 is 0. The second kappa shape index (κ2) is 15.5. The third-order valence-corrected chi connectivity index (χ3v) is 5.60. The number of piperidine rings is 1. The van der Waals surface area contributed by atoms with Crippen molar-refractivity contribution in [2.45, 2.75) is 129 Å². The normalized spacial score (nSPS) is 18.1. The zero-order chi connectivity index (χ0) is 19.0. The molecule has 1 aliphatic heterocycles. The zero-order valence-corrected chi connectivity index (χ0v) is 18.0. The van der Waals surface area contributed by atoms with Crippen molar-refractivity contribution in [2.24, 2.45) is 0 Å². The summed E-state index contributed by atoms with van der Waals surface area (Å²) in [6, 6.07) is 0.450. The molecule has 0 aromatic carbocycles. The molecule has 1 N–H and O–H groups in total. The lowest BCUT2D eigenvalue weighted by Crippen LogP contribution is -2.52. The van der Waals surface area contributed by atoms with E-state index < -0.39 is 0 Å². The van der Waals surface area contributed by atoms with Crippen molar-refractivity contribution in [3.63, 3.8) is 0 Å². The van der Waals surface area contributed by atoms with Crippen LogP contribution in [0.4, 0.5) is 0 Å². The molecule has 1 aliphatic rings. The Morgan fingerprint density at radius 3 is 1.88 bits per heavy atom. The molecule has 1 fully saturated rings. The molecule has 154 valence electrons. The summed E-state index contributed by atoms with van der Waals surface area (Å²) in [6.45, 7) is 8.46. The smallest absolute Gasteiger partial charge is 0.239 e. The van der Waals surface area contributed by atoms with Gasteiger partial charge in [-0.2, -0.15) is 0 Å². The summed E-state index contributed by atoms with van der Waals surface area (Å²) in [5.41, 5.74) is 0. The third-order valence-electron chi connectivity index (χ3n) is 5.60. The SMILES string of the molecule is CCCCCCCCCCCCCCCN1CCCC(NC(C)C)C1=O. The summed E-state index contributed by atoms with van der Waals surface area (Å²) in [5.74, 6) is 0.337. The minimum Gasteiger partial charge on any atom is -0.341 e. The summed E-state index contributed by atoms with van der Waals surface area (Å²) < 4.78 is 0. The van der Waals surface area contributed by atoms with Crippen molar-refractivity contribution in [1.29, 1.82) is 0 Å². The highest BCUT2D eigenvalue weighted by molar-refractivity contribution is 5.82. The van der Waals surface area contributed by atoms with Gasteiger partial charge >= 0.3 is 0 Å². The molecule has 3 nitrogen and oxygen atoms in total. The van der Waals surface area contributed by atoms with Crippen LogP contribution in [0.2, 0.25) is 0 Å². The first-order valence-electron chi connectivity index (χ1n) is 11.7. The fourth-order valence-electron chi connectivity index (χ4n) is 4.04. The van der Waals surface area contributed by atoms with Gasteiger partial charge in [0.2, 0.25) is 5.91 Å². The van der Waals surface area contributed by atoms with E-state index in [0.717, 1.165) is 25.9 Å². The summed E-state index contributed by atoms with van der Waals surface area (Å²) in [5, 5.41) is 3.42. The van der Waals surface area contributed by atoms with Gasteiger partial charge in [0.25, 0.3) is 0 Å². The van der Waals surface area contributed by atoms with Crippen molar-refractivity contribution in [3.8, 4) is 0 Å². The van der Waals surface area contributed by atoms with Crippen LogP contribution in [0, 0.1) is 0 Å². The minimum absolute atomic E-state index is 0.0609. The van der Waals surface area contributed by atoms with Gasteiger partial charge in [0, 0.05) is 19.1 Å². The van der Waals surface area contributed by atoms with E-state index in [9.17, 15) is 4.79 Å². The molecule has 1 unspecified atom stereocenters. The Morgan fingerprint density at radius 2 is 1.38 bits per heavy atom. The first-order chi connectivity index (χ1) is 12.6. The van der Waals surface area contributed by atoms with E-state index in [2.05, 4.69) is 31.0 Å². The molecule has 0 bridgehead atoms. The molecule has 0 saturated carbocycles. The van der Waals surface area contributed by atoms with E-state index in [-0.39, 0.29) is 6.04 Å². The van der Waals surface area contributed by atoms with Gasteiger partial charge < -0.3 is 10.2 Å². The lowest BCUT2D eigenvalue weighted by molar-refractivity contribution is -0.136. The van der Waals surface area contributed by atoms with Crippen LogP contribution in [0.15, 0.2) is 0 Å². The first-order valence-corrected chi connectivity index (χ1v) is 11.7. The van der Waals surface area contributed by atoms with Crippen LogP contribution in [0.25, 0.3) is 0 Å². The molecule has 1 rings (SSSR count). The fraction of sp³-hybridized carbons (Fsp3) is 0.957. The van der Waals surface area contributed by atoms with Crippen molar-refractivity contribution >= 4 is 5.91 Å². The largest absolute Gasteiger partial charge is 0.341 e. The van der Waals surface area contributed by atoms with Crippen molar-refractivity contribution in [1.82, 2.24) is 10.2 Å². The van der Waals surface area contributed by atoms with Crippen molar-refractivity contribution in [3.05, 3.63) is 0 Å². The van der Waals surface area contributed by atoms with Crippen LogP contribution in [0.1, 0.15) is 117 Å². The lowest BCUT2D eigenvalue weighted by atomic mass is 10.0. The number of hydrogen-bond donors (Lipinski definition) is 1. The molecule has 0 radical (unpaired) electrons. The molecule has 1 amide bonds. The second-order valence-electron chi connectivity index (χ2n) is 8.58. The Kier molecular flexibility index (Phi) is 14.0. The quantitative estimate of drug-likeness (QED) is 0.336. The van der Waals surface area contributed by atoms with Gasteiger partial charge in [-0.1, -0.05) is 97.8 Å². The average Bonchev–Trinajstić information content (AvgIpc) is 2.61. The minimum atomic E-state index is 0.0609. The Hall–Kier alpha value is -0.570. The van der Waals surface area contributed by atoms with Gasteiger partial charge in [-0.05, 0) is 19.3 Å². The zero-order valence-electron chi connectivity index (χ0n) is 18.0. The highest BCUT2D eigenvalue weighted by Gasteiger charge is 2.28. The molecule has 0 aromatic heterocycles. The number of nitrogens with zero attached hydrogens (tertiary/aromatic N) is 1. The van der Waals surface area contributed by atoms with E-state index >= 15 is 0 Å². The number of unbranched alkanes of at least 4 members (excludes halogenated alkanes) is 12. The molecule has 1 saturated heterocycles. The maximum atomic E-state index is 12.5. The standard InChI is InChI=1S/C23H46N2O/c1-4-5-6-7-8-9-10-11-12-13-14-15-16-19-25-20-17-18-22(23(25)26)24-21(2)3/h21-22,24H,4-20H2,1-3H3. The van der Waals surface area contributed by atoms with Crippen LogP contribution >= 0.6 is 0 Å². The Labute approximate surface area is 163 Å².